The summed E-state index contributed by atoms with van der Waals surface area (Å²) in [7, 11) is 0. The van der Waals surface area contributed by atoms with E-state index in [1.54, 1.807) is 24.3 Å². The second kappa shape index (κ2) is 10.5. The van der Waals surface area contributed by atoms with E-state index in [1.165, 1.54) is 12.1 Å². The standard InChI is InChI=1S/C19H19N3O7/c20-11-17(23)21-16(10-18(24)28-12-13-4-2-1-3-5-13)19(25)29-15-8-6-14(7-9-15)22(26)27/h1-9,16H,10-12,20H2,(H,21,23). The molecule has 2 aromatic rings. The highest BCUT2D eigenvalue weighted by atomic mass is 16.6. The molecular weight excluding hydrogens is 382 g/mol. The molecule has 1 atom stereocenters. The van der Waals surface area contributed by atoms with Crippen LogP contribution >= 0.6 is 0 Å². The first-order valence-corrected chi connectivity index (χ1v) is 8.54. The van der Waals surface area contributed by atoms with Crippen LogP contribution in [0.1, 0.15) is 12.0 Å². The molecule has 0 fully saturated rings. The van der Waals surface area contributed by atoms with Crippen molar-refractivity contribution in [1.82, 2.24) is 5.32 Å². The molecule has 0 aliphatic rings. The third kappa shape index (κ3) is 7.03. The number of nitrogens with two attached hydrogens (primary N) is 1. The van der Waals surface area contributed by atoms with Crippen LogP contribution in [0.2, 0.25) is 0 Å². The van der Waals surface area contributed by atoms with Crippen molar-refractivity contribution in [3.05, 3.63) is 70.3 Å². The first kappa shape index (κ1) is 21.5. The molecule has 0 radical (unpaired) electrons. The lowest BCUT2D eigenvalue weighted by molar-refractivity contribution is -0.384. The highest BCUT2D eigenvalue weighted by Crippen LogP contribution is 2.18. The number of nitro groups is 1. The third-order valence-corrected chi connectivity index (χ3v) is 3.68. The average Bonchev–Trinajstić information content (AvgIpc) is 2.72. The van der Waals surface area contributed by atoms with Crippen molar-refractivity contribution >= 4 is 23.5 Å². The minimum Gasteiger partial charge on any atom is -0.461 e. The van der Waals surface area contributed by atoms with E-state index in [-0.39, 0.29) is 24.6 Å². The van der Waals surface area contributed by atoms with Gasteiger partial charge in [-0.3, -0.25) is 19.7 Å². The van der Waals surface area contributed by atoms with Gasteiger partial charge in [-0.2, -0.15) is 0 Å². The number of nitrogens with one attached hydrogen (secondary N) is 1. The summed E-state index contributed by atoms with van der Waals surface area (Å²) in [5, 5.41) is 13.0. The number of rotatable bonds is 9. The first-order valence-electron chi connectivity index (χ1n) is 8.54. The highest BCUT2D eigenvalue weighted by Gasteiger charge is 2.26. The fourth-order valence-electron chi connectivity index (χ4n) is 2.23. The Kier molecular flexibility index (Phi) is 7.80. The molecule has 2 aromatic carbocycles. The molecular formula is C19H19N3O7. The van der Waals surface area contributed by atoms with Crippen LogP contribution in [-0.4, -0.2) is 35.4 Å². The molecule has 1 amide bonds. The molecule has 0 saturated carbocycles. The Morgan fingerprint density at radius 3 is 2.31 bits per heavy atom. The number of esters is 2. The molecule has 2 rings (SSSR count). The fraction of sp³-hybridized carbons (Fsp3) is 0.211. The van der Waals surface area contributed by atoms with E-state index >= 15 is 0 Å². The maximum absolute atomic E-state index is 12.4. The summed E-state index contributed by atoms with van der Waals surface area (Å²) in [6.45, 7) is -0.380. The van der Waals surface area contributed by atoms with E-state index in [9.17, 15) is 24.5 Å². The number of hydrogen-bond acceptors (Lipinski definition) is 8. The van der Waals surface area contributed by atoms with E-state index in [0.717, 1.165) is 17.7 Å². The van der Waals surface area contributed by atoms with Gasteiger partial charge in [0.1, 0.15) is 18.4 Å². The van der Waals surface area contributed by atoms with E-state index in [0.29, 0.717) is 0 Å². The van der Waals surface area contributed by atoms with Gasteiger partial charge in [-0.1, -0.05) is 30.3 Å². The molecule has 0 aliphatic heterocycles. The predicted molar refractivity (Wildman–Crippen MR) is 101 cm³/mol. The summed E-state index contributed by atoms with van der Waals surface area (Å²) in [6.07, 6.45) is -0.468. The van der Waals surface area contributed by atoms with Gasteiger partial charge in [-0.15, -0.1) is 0 Å². The number of nitrogens with zero attached hydrogens (tertiary/aromatic N) is 1. The Labute approximate surface area is 165 Å². The zero-order valence-corrected chi connectivity index (χ0v) is 15.3. The average molecular weight is 401 g/mol. The first-order chi connectivity index (χ1) is 13.9. The number of carbonyl (C=O) groups is 3. The topological polar surface area (TPSA) is 151 Å². The molecule has 152 valence electrons. The molecule has 0 heterocycles. The summed E-state index contributed by atoms with van der Waals surface area (Å²) in [5.74, 6) is -2.30. The van der Waals surface area contributed by atoms with Gasteiger partial charge < -0.3 is 20.5 Å². The van der Waals surface area contributed by atoms with Crippen LogP contribution in [0.3, 0.4) is 0 Å². The van der Waals surface area contributed by atoms with Gasteiger partial charge in [0.2, 0.25) is 5.91 Å². The number of benzene rings is 2. The van der Waals surface area contributed by atoms with E-state index in [2.05, 4.69) is 5.32 Å². The minimum atomic E-state index is -1.33. The molecule has 29 heavy (non-hydrogen) atoms. The molecule has 0 spiro atoms. The SMILES string of the molecule is NCC(=O)NC(CC(=O)OCc1ccccc1)C(=O)Oc1ccc([N+](=O)[O-])cc1. The van der Waals surface area contributed by atoms with Crippen LogP contribution in [0.4, 0.5) is 5.69 Å². The van der Waals surface area contributed by atoms with Gasteiger partial charge in [0.05, 0.1) is 17.9 Å². The number of carbonyl (C=O) groups excluding carboxylic acids is 3. The van der Waals surface area contributed by atoms with Gasteiger partial charge >= 0.3 is 11.9 Å². The molecule has 3 N–H and O–H groups in total. The Hall–Kier alpha value is -3.79. The number of amides is 1. The second-order valence-electron chi connectivity index (χ2n) is 5.85. The Morgan fingerprint density at radius 1 is 1.07 bits per heavy atom. The van der Waals surface area contributed by atoms with E-state index in [1.807, 2.05) is 6.07 Å². The summed E-state index contributed by atoms with van der Waals surface area (Å²) in [6, 6.07) is 12.4. The molecule has 1 unspecified atom stereocenters. The lowest BCUT2D eigenvalue weighted by Gasteiger charge is -2.16. The van der Waals surface area contributed by atoms with Crippen molar-refractivity contribution in [2.24, 2.45) is 5.73 Å². The molecule has 0 aromatic heterocycles. The van der Waals surface area contributed by atoms with Crippen LogP contribution in [0, 0.1) is 10.1 Å². The number of ether oxygens (including phenoxy) is 2. The minimum absolute atomic E-state index is 0.00856. The highest BCUT2D eigenvalue weighted by molar-refractivity contribution is 5.89. The number of non-ortho nitro benzene ring substituents is 1. The zero-order chi connectivity index (χ0) is 21.2. The van der Waals surface area contributed by atoms with Crippen LogP contribution < -0.4 is 15.8 Å². The smallest absolute Gasteiger partial charge is 0.334 e. The third-order valence-electron chi connectivity index (χ3n) is 3.68. The molecule has 0 aliphatic carbocycles. The Bertz CT molecular complexity index is 869. The number of hydrogen-bond donors (Lipinski definition) is 2. The zero-order valence-electron chi connectivity index (χ0n) is 15.3. The predicted octanol–water partition coefficient (Wildman–Crippen LogP) is 1.08. The number of nitro benzene ring substituents is 1. The van der Waals surface area contributed by atoms with Crippen molar-refractivity contribution in [3.8, 4) is 5.75 Å². The maximum Gasteiger partial charge on any atom is 0.334 e. The summed E-state index contributed by atoms with van der Waals surface area (Å²) >= 11 is 0. The van der Waals surface area contributed by atoms with Crippen LogP contribution in [0.25, 0.3) is 0 Å². The lowest BCUT2D eigenvalue weighted by Crippen LogP contribution is -2.46. The molecule has 0 bridgehead atoms. The summed E-state index contributed by atoms with van der Waals surface area (Å²) in [4.78, 5) is 46.1. The van der Waals surface area contributed by atoms with Gasteiger partial charge in [0.15, 0.2) is 0 Å². The van der Waals surface area contributed by atoms with E-state index < -0.39 is 35.2 Å². The molecule has 0 saturated heterocycles. The van der Waals surface area contributed by atoms with Crippen molar-refractivity contribution in [1.29, 1.82) is 0 Å². The molecule has 10 nitrogen and oxygen atoms in total. The fourth-order valence-corrected chi connectivity index (χ4v) is 2.23. The van der Waals surface area contributed by atoms with Crippen LogP contribution in [-0.2, 0) is 25.7 Å². The van der Waals surface area contributed by atoms with Crippen molar-refractivity contribution in [3.63, 3.8) is 0 Å². The quantitative estimate of drug-likeness (QED) is 0.274. The monoisotopic (exact) mass is 401 g/mol. The van der Waals surface area contributed by atoms with E-state index in [4.69, 9.17) is 15.2 Å². The van der Waals surface area contributed by atoms with Crippen LogP contribution in [0.5, 0.6) is 5.75 Å². The van der Waals surface area contributed by atoms with Gasteiger partial charge in [0, 0.05) is 12.1 Å². The largest absolute Gasteiger partial charge is 0.461 e. The normalized spacial score (nSPS) is 11.2. The van der Waals surface area contributed by atoms with Crippen molar-refractivity contribution in [2.75, 3.05) is 6.54 Å². The van der Waals surface area contributed by atoms with Gasteiger partial charge in [-0.05, 0) is 17.7 Å². The van der Waals surface area contributed by atoms with Gasteiger partial charge in [-0.25, -0.2) is 4.79 Å². The maximum atomic E-state index is 12.4. The Balaban J connectivity index is 1.99. The van der Waals surface area contributed by atoms with Crippen LogP contribution in [0.15, 0.2) is 54.6 Å². The summed E-state index contributed by atoms with van der Waals surface area (Å²) in [5.41, 5.74) is 5.82. The summed E-state index contributed by atoms with van der Waals surface area (Å²) < 4.78 is 10.2. The van der Waals surface area contributed by atoms with Crippen molar-refractivity contribution < 1.29 is 28.8 Å². The van der Waals surface area contributed by atoms with Crippen molar-refractivity contribution in [2.45, 2.75) is 19.1 Å². The lowest BCUT2D eigenvalue weighted by atomic mass is 10.2. The molecule has 10 heteroatoms. The Morgan fingerprint density at radius 2 is 1.72 bits per heavy atom. The van der Waals surface area contributed by atoms with Gasteiger partial charge in [0.25, 0.3) is 5.69 Å². The second-order valence-corrected chi connectivity index (χ2v) is 5.85.